The van der Waals surface area contributed by atoms with Gasteiger partial charge >= 0.3 is 5.97 Å². The van der Waals surface area contributed by atoms with E-state index in [0.29, 0.717) is 17.1 Å². The summed E-state index contributed by atoms with van der Waals surface area (Å²) >= 11 is 0. The molecule has 0 amide bonds. The number of aromatic nitrogens is 2. The van der Waals surface area contributed by atoms with Gasteiger partial charge in [-0.05, 0) is 29.8 Å². The number of hydrogen-bond donors (Lipinski definition) is 1. The van der Waals surface area contributed by atoms with Crippen LogP contribution in [0.15, 0.2) is 66.7 Å². The maximum absolute atomic E-state index is 12.7. The monoisotopic (exact) mass is 436 g/mol. The van der Waals surface area contributed by atoms with Crippen LogP contribution < -0.4 is 9.47 Å². The summed E-state index contributed by atoms with van der Waals surface area (Å²) in [6.45, 7) is -0.163. The summed E-state index contributed by atoms with van der Waals surface area (Å²) in [5, 5.41) is 11.6. The molecule has 5 aromatic rings. The Kier molecular flexibility index (Phi) is 4.48. The smallest absolute Gasteiger partial charge is 0.312 e. The van der Waals surface area contributed by atoms with Gasteiger partial charge in [-0.2, -0.15) is 0 Å². The zero-order valence-electron chi connectivity index (χ0n) is 17.9. The van der Waals surface area contributed by atoms with Gasteiger partial charge in [0.1, 0.15) is 11.5 Å². The number of carbonyl (C=O) groups excluding carboxylic acids is 1. The fraction of sp³-hybridized carbons (Fsp3) is 0.148. The number of hydrogen-bond acceptors (Lipinski definition) is 6. The van der Waals surface area contributed by atoms with Crippen molar-refractivity contribution in [2.24, 2.45) is 0 Å². The van der Waals surface area contributed by atoms with Gasteiger partial charge < -0.3 is 14.6 Å². The summed E-state index contributed by atoms with van der Waals surface area (Å²) in [4.78, 5) is 22.7. The lowest BCUT2D eigenvalue weighted by Gasteiger charge is -2.28. The molecule has 0 saturated heterocycles. The first-order chi connectivity index (χ1) is 16.2. The SMILES string of the molecule is COc1ccc(C2CC(=O)Oc3c2c2nc4ccccc4nc2c2ccccc32)cc1CO. The molecule has 0 fully saturated rings. The predicted octanol–water partition coefficient (Wildman–Crippen LogP) is 4.88. The van der Waals surface area contributed by atoms with Crippen LogP contribution in [0, 0.1) is 0 Å². The van der Waals surface area contributed by atoms with Crippen molar-refractivity contribution in [1.29, 1.82) is 0 Å². The third kappa shape index (κ3) is 3.02. The molecule has 6 nitrogen and oxygen atoms in total. The van der Waals surface area contributed by atoms with E-state index < -0.39 is 0 Å². The van der Waals surface area contributed by atoms with Crippen molar-refractivity contribution in [3.63, 3.8) is 0 Å². The van der Waals surface area contributed by atoms with Crippen LogP contribution in [0.1, 0.15) is 29.0 Å². The van der Waals surface area contributed by atoms with Crippen LogP contribution in [0.2, 0.25) is 0 Å². The second-order valence-electron chi connectivity index (χ2n) is 8.16. The fourth-order valence-corrected chi connectivity index (χ4v) is 4.80. The molecule has 1 unspecified atom stereocenters. The van der Waals surface area contributed by atoms with E-state index in [9.17, 15) is 9.90 Å². The summed E-state index contributed by atoms with van der Waals surface area (Å²) in [6, 6.07) is 21.2. The lowest BCUT2D eigenvalue weighted by atomic mass is 9.83. The third-order valence-corrected chi connectivity index (χ3v) is 6.31. The zero-order valence-corrected chi connectivity index (χ0v) is 17.9. The number of methoxy groups -OCH3 is 1. The predicted molar refractivity (Wildman–Crippen MR) is 126 cm³/mol. The van der Waals surface area contributed by atoms with E-state index in [0.717, 1.165) is 44.0 Å². The Morgan fingerprint density at radius 2 is 1.67 bits per heavy atom. The van der Waals surface area contributed by atoms with Crippen LogP contribution in [0.3, 0.4) is 0 Å². The molecule has 162 valence electrons. The average molecular weight is 436 g/mol. The number of nitrogens with zero attached hydrogens (tertiary/aromatic N) is 2. The number of fused-ring (bicyclic) bond motifs is 7. The van der Waals surface area contributed by atoms with E-state index in [-0.39, 0.29) is 24.9 Å². The fourth-order valence-electron chi connectivity index (χ4n) is 4.80. The van der Waals surface area contributed by atoms with Crippen LogP contribution in [-0.4, -0.2) is 28.2 Å². The largest absolute Gasteiger partial charge is 0.496 e. The van der Waals surface area contributed by atoms with Gasteiger partial charge in [0.05, 0.1) is 42.2 Å². The van der Waals surface area contributed by atoms with Crippen molar-refractivity contribution in [2.45, 2.75) is 18.9 Å². The van der Waals surface area contributed by atoms with Crippen molar-refractivity contribution < 1.29 is 19.4 Å². The lowest BCUT2D eigenvalue weighted by molar-refractivity contribution is -0.135. The Bertz CT molecular complexity index is 1580. The van der Waals surface area contributed by atoms with E-state index in [1.807, 2.05) is 66.7 Å². The highest BCUT2D eigenvalue weighted by atomic mass is 16.5. The van der Waals surface area contributed by atoms with Gasteiger partial charge in [0.25, 0.3) is 0 Å². The number of benzene rings is 4. The van der Waals surface area contributed by atoms with Gasteiger partial charge in [0.2, 0.25) is 0 Å². The molecule has 0 aliphatic carbocycles. The molecular formula is C27H20N2O4. The minimum Gasteiger partial charge on any atom is -0.496 e. The maximum Gasteiger partial charge on any atom is 0.312 e. The van der Waals surface area contributed by atoms with Crippen LogP contribution in [0.25, 0.3) is 32.8 Å². The van der Waals surface area contributed by atoms with Crippen molar-refractivity contribution in [2.75, 3.05) is 7.11 Å². The molecule has 33 heavy (non-hydrogen) atoms. The highest BCUT2D eigenvalue weighted by Gasteiger charge is 2.33. The van der Waals surface area contributed by atoms with Crippen LogP contribution in [-0.2, 0) is 11.4 Å². The standard InChI is InChI=1S/C27H20N2O4/c1-32-22-11-10-15(12-16(22)14-30)19-13-23(31)33-27-18-7-3-2-6-17(18)25-26(24(19)27)29-21-9-5-4-8-20(21)28-25/h2-12,19,30H,13-14H2,1H3. The number of ether oxygens (including phenoxy) is 2. The number of esters is 1. The van der Waals surface area contributed by atoms with Crippen molar-refractivity contribution in [3.8, 4) is 11.5 Å². The summed E-state index contributed by atoms with van der Waals surface area (Å²) in [7, 11) is 1.57. The Morgan fingerprint density at radius 3 is 2.39 bits per heavy atom. The Morgan fingerprint density at radius 1 is 0.970 bits per heavy atom. The summed E-state index contributed by atoms with van der Waals surface area (Å²) in [6.07, 6.45) is 0.173. The molecular weight excluding hydrogens is 416 g/mol. The van der Waals surface area contributed by atoms with Gasteiger partial charge in [-0.15, -0.1) is 0 Å². The highest BCUT2D eigenvalue weighted by molar-refractivity contribution is 6.12. The van der Waals surface area contributed by atoms with Crippen LogP contribution in [0.5, 0.6) is 11.5 Å². The second kappa shape index (κ2) is 7.53. The summed E-state index contributed by atoms with van der Waals surface area (Å²) in [5.41, 5.74) is 5.50. The Hall–Kier alpha value is -4.03. The molecule has 1 aliphatic heterocycles. The minimum absolute atomic E-state index is 0.163. The molecule has 0 bridgehead atoms. The summed E-state index contributed by atoms with van der Waals surface area (Å²) in [5.74, 6) is 0.548. The first-order valence-electron chi connectivity index (χ1n) is 10.8. The Labute approximate surface area is 189 Å². The third-order valence-electron chi connectivity index (χ3n) is 6.31. The number of aliphatic hydroxyl groups is 1. The number of rotatable bonds is 3. The normalized spacial score (nSPS) is 15.6. The van der Waals surface area contributed by atoms with Gasteiger partial charge in [0.15, 0.2) is 0 Å². The van der Waals surface area contributed by atoms with E-state index in [2.05, 4.69) is 0 Å². The first kappa shape index (κ1) is 19.6. The molecule has 1 aliphatic rings. The van der Waals surface area contributed by atoms with E-state index in [1.54, 1.807) is 7.11 Å². The number of para-hydroxylation sites is 2. The number of carbonyl (C=O) groups is 1. The van der Waals surface area contributed by atoms with E-state index in [1.165, 1.54) is 0 Å². The zero-order chi connectivity index (χ0) is 22.5. The van der Waals surface area contributed by atoms with Crippen molar-refractivity contribution in [1.82, 2.24) is 9.97 Å². The molecule has 4 aromatic carbocycles. The molecule has 6 heteroatoms. The topological polar surface area (TPSA) is 81.5 Å². The van der Waals surface area contributed by atoms with E-state index >= 15 is 0 Å². The highest BCUT2D eigenvalue weighted by Crippen LogP contribution is 2.47. The van der Waals surface area contributed by atoms with Gasteiger partial charge in [-0.3, -0.25) is 4.79 Å². The maximum atomic E-state index is 12.7. The molecule has 2 heterocycles. The second-order valence-corrected chi connectivity index (χ2v) is 8.16. The molecule has 1 N–H and O–H groups in total. The average Bonchev–Trinajstić information content (AvgIpc) is 2.87. The van der Waals surface area contributed by atoms with Crippen molar-refractivity contribution in [3.05, 3.63) is 83.4 Å². The number of aliphatic hydroxyl groups excluding tert-OH is 1. The van der Waals surface area contributed by atoms with Crippen LogP contribution >= 0.6 is 0 Å². The molecule has 0 spiro atoms. The van der Waals surface area contributed by atoms with Gasteiger partial charge in [-0.25, -0.2) is 9.97 Å². The molecule has 0 radical (unpaired) electrons. The van der Waals surface area contributed by atoms with Gasteiger partial charge in [0, 0.05) is 27.8 Å². The quantitative estimate of drug-likeness (QED) is 0.188. The molecule has 6 rings (SSSR count). The molecule has 0 saturated carbocycles. The molecule has 1 aromatic heterocycles. The Balaban J connectivity index is 1.73. The van der Waals surface area contributed by atoms with E-state index in [4.69, 9.17) is 19.4 Å². The van der Waals surface area contributed by atoms with Crippen LogP contribution in [0.4, 0.5) is 0 Å². The molecule has 1 atom stereocenters. The lowest BCUT2D eigenvalue weighted by Crippen LogP contribution is -2.22. The summed E-state index contributed by atoms with van der Waals surface area (Å²) < 4.78 is 11.2. The minimum atomic E-state index is -0.299. The van der Waals surface area contributed by atoms with Crippen molar-refractivity contribution >= 4 is 38.8 Å². The first-order valence-corrected chi connectivity index (χ1v) is 10.8. The van der Waals surface area contributed by atoms with Gasteiger partial charge in [-0.1, -0.05) is 42.5 Å².